The number of carbonyl (C=O) groups is 1. The fourth-order valence-corrected chi connectivity index (χ4v) is 4.00. The van der Waals surface area contributed by atoms with Crippen molar-refractivity contribution in [1.29, 1.82) is 0 Å². The van der Waals surface area contributed by atoms with Crippen LogP contribution in [0, 0.1) is 5.92 Å². The summed E-state index contributed by atoms with van der Waals surface area (Å²) in [5.41, 5.74) is 3.18. The van der Waals surface area contributed by atoms with Gasteiger partial charge in [0.25, 0.3) is 0 Å². The number of rotatable bonds is 4. The first-order valence-electron chi connectivity index (χ1n) is 10.2. The van der Waals surface area contributed by atoms with E-state index in [1.807, 2.05) is 44.9 Å². The largest absolute Gasteiger partial charge is 0.453 e. The topological polar surface area (TPSA) is 57.8 Å². The lowest BCUT2D eigenvalue weighted by molar-refractivity contribution is -0.134. The van der Waals surface area contributed by atoms with Crippen molar-refractivity contribution in [1.82, 2.24) is 14.8 Å². The van der Waals surface area contributed by atoms with E-state index in [0.717, 1.165) is 59.7 Å². The summed E-state index contributed by atoms with van der Waals surface area (Å²) in [6.07, 6.45) is 4.05. The molecule has 1 unspecified atom stereocenters. The van der Waals surface area contributed by atoms with Gasteiger partial charge < -0.3 is 24.3 Å². The van der Waals surface area contributed by atoms with Crippen LogP contribution in [0.15, 0.2) is 24.4 Å². The number of aromatic nitrogens is 1. The second kappa shape index (κ2) is 8.69. The first-order chi connectivity index (χ1) is 13.6. The van der Waals surface area contributed by atoms with Crippen molar-refractivity contribution >= 4 is 22.4 Å². The van der Waals surface area contributed by atoms with E-state index in [0.29, 0.717) is 0 Å². The van der Waals surface area contributed by atoms with E-state index >= 15 is 0 Å². The minimum atomic E-state index is -0.143. The monoisotopic (exact) mass is 385 g/mol. The highest BCUT2D eigenvalue weighted by molar-refractivity contribution is 5.98. The van der Waals surface area contributed by atoms with Crippen LogP contribution in [0.1, 0.15) is 33.3 Å². The molecule has 0 aliphatic carbocycles. The molecule has 2 aliphatic heterocycles. The van der Waals surface area contributed by atoms with Gasteiger partial charge in [0, 0.05) is 54.9 Å². The number of amides is 1. The normalized spacial score (nSPS) is 18.5. The summed E-state index contributed by atoms with van der Waals surface area (Å²) in [6.45, 7) is 11.3. The third-order valence-corrected chi connectivity index (χ3v) is 5.26. The molecule has 2 aliphatic rings. The van der Waals surface area contributed by atoms with Gasteiger partial charge in [0.05, 0.1) is 5.92 Å². The van der Waals surface area contributed by atoms with Crippen LogP contribution in [-0.2, 0) is 4.79 Å². The van der Waals surface area contributed by atoms with Crippen molar-refractivity contribution in [3.63, 3.8) is 0 Å². The first kappa shape index (κ1) is 20.3. The lowest BCUT2D eigenvalue weighted by atomic mass is 9.91. The highest BCUT2D eigenvalue weighted by atomic mass is 16.7. The van der Waals surface area contributed by atoms with Crippen LogP contribution in [0.2, 0.25) is 0 Å². The molecule has 1 aromatic heterocycles. The zero-order chi connectivity index (χ0) is 20.3. The Morgan fingerprint density at radius 1 is 1.29 bits per heavy atom. The predicted octanol–water partition coefficient (Wildman–Crippen LogP) is 3.74. The quantitative estimate of drug-likeness (QED) is 0.871. The third kappa shape index (κ3) is 3.61. The molecule has 6 heteroatoms. The fourth-order valence-electron chi connectivity index (χ4n) is 4.00. The van der Waals surface area contributed by atoms with E-state index in [1.54, 1.807) is 0 Å². The number of carbonyl (C=O) groups excluding carboxylic acids is 1. The van der Waals surface area contributed by atoms with Crippen molar-refractivity contribution in [2.24, 2.45) is 5.92 Å². The van der Waals surface area contributed by atoms with E-state index in [1.165, 1.54) is 0 Å². The molecule has 0 saturated carbocycles. The molecule has 2 aromatic rings. The molecule has 0 spiro atoms. The van der Waals surface area contributed by atoms with Gasteiger partial charge in [-0.1, -0.05) is 19.9 Å². The minimum absolute atomic E-state index is 0.143. The molecule has 28 heavy (non-hydrogen) atoms. The Hall–Kier alpha value is -2.47. The Kier molecular flexibility index (Phi) is 6.29. The number of hydrogen-bond donors (Lipinski definition) is 1. The summed E-state index contributed by atoms with van der Waals surface area (Å²) in [5, 5.41) is 1.10. The van der Waals surface area contributed by atoms with Gasteiger partial charge in [-0.15, -0.1) is 0 Å². The van der Waals surface area contributed by atoms with Crippen LogP contribution in [-0.4, -0.2) is 60.7 Å². The van der Waals surface area contributed by atoms with Crippen LogP contribution in [0.3, 0.4) is 0 Å². The Morgan fingerprint density at radius 3 is 2.75 bits per heavy atom. The van der Waals surface area contributed by atoms with Crippen molar-refractivity contribution in [2.45, 2.75) is 27.7 Å². The summed E-state index contributed by atoms with van der Waals surface area (Å²) in [6, 6.07) is 4.04. The molecule has 1 atom stereocenters. The third-order valence-electron chi connectivity index (χ3n) is 5.26. The SMILES string of the molecule is CC.CCN(CC)C(=O)C1C=C(c2c3c(cc4[nH]ccc24)OCO3)CN(C)C1. The van der Waals surface area contributed by atoms with Gasteiger partial charge in [-0.2, -0.15) is 0 Å². The van der Waals surface area contributed by atoms with E-state index in [9.17, 15) is 4.79 Å². The predicted molar refractivity (Wildman–Crippen MR) is 113 cm³/mol. The molecule has 0 bridgehead atoms. The summed E-state index contributed by atoms with van der Waals surface area (Å²) in [5.74, 6) is 1.59. The maximum Gasteiger partial charge on any atom is 0.231 e. The minimum Gasteiger partial charge on any atom is -0.453 e. The zero-order valence-corrected chi connectivity index (χ0v) is 17.5. The van der Waals surface area contributed by atoms with Crippen molar-refractivity contribution < 1.29 is 14.3 Å². The molecular weight excluding hydrogens is 354 g/mol. The van der Waals surface area contributed by atoms with E-state index in [-0.39, 0.29) is 18.6 Å². The molecule has 1 amide bonds. The number of H-pyrrole nitrogens is 1. The van der Waals surface area contributed by atoms with Crippen LogP contribution < -0.4 is 9.47 Å². The van der Waals surface area contributed by atoms with E-state index < -0.39 is 0 Å². The highest BCUT2D eigenvalue weighted by Gasteiger charge is 2.30. The molecule has 0 saturated heterocycles. The van der Waals surface area contributed by atoms with Gasteiger partial charge in [0.1, 0.15) is 0 Å². The molecule has 4 rings (SSSR count). The fraction of sp³-hybridized carbons (Fsp3) is 0.500. The Bertz CT molecular complexity index is 867. The second-order valence-electron chi connectivity index (χ2n) is 6.93. The maximum absolute atomic E-state index is 12.9. The number of aromatic amines is 1. The van der Waals surface area contributed by atoms with Gasteiger partial charge >= 0.3 is 0 Å². The van der Waals surface area contributed by atoms with E-state index in [2.05, 4.69) is 29.1 Å². The van der Waals surface area contributed by atoms with Crippen LogP contribution in [0.4, 0.5) is 0 Å². The second-order valence-corrected chi connectivity index (χ2v) is 6.93. The molecule has 1 N–H and O–H groups in total. The maximum atomic E-state index is 12.9. The van der Waals surface area contributed by atoms with Gasteiger partial charge in [0.15, 0.2) is 11.5 Å². The van der Waals surface area contributed by atoms with Gasteiger partial charge in [-0.05, 0) is 32.5 Å². The zero-order valence-electron chi connectivity index (χ0n) is 17.5. The van der Waals surface area contributed by atoms with Crippen molar-refractivity contribution in [3.8, 4) is 11.5 Å². The number of nitrogens with one attached hydrogen (secondary N) is 1. The molecule has 0 fully saturated rings. The van der Waals surface area contributed by atoms with Gasteiger partial charge in [-0.3, -0.25) is 4.79 Å². The van der Waals surface area contributed by atoms with E-state index in [4.69, 9.17) is 9.47 Å². The summed E-state index contributed by atoms with van der Waals surface area (Å²) >= 11 is 0. The Morgan fingerprint density at radius 2 is 2.04 bits per heavy atom. The number of likely N-dealkylation sites (N-methyl/N-ethyl adjacent to an activating group) is 1. The number of ether oxygens (including phenoxy) is 2. The highest BCUT2D eigenvalue weighted by Crippen LogP contribution is 2.45. The van der Waals surface area contributed by atoms with Crippen LogP contribution in [0.5, 0.6) is 11.5 Å². The van der Waals surface area contributed by atoms with Crippen molar-refractivity contribution in [2.75, 3.05) is 40.0 Å². The molecule has 0 radical (unpaired) electrons. The number of fused-ring (bicyclic) bond motifs is 2. The smallest absolute Gasteiger partial charge is 0.231 e. The lowest BCUT2D eigenvalue weighted by Gasteiger charge is -2.32. The molecule has 6 nitrogen and oxygen atoms in total. The number of nitrogens with zero attached hydrogens (tertiary/aromatic N) is 2. The molecule has 1 aromatic carbocycles. The summed E-state index contributed by atoms with van der Waals surface area (Å²) in [7, 11) is 2.06. The average Bonchev–Trinajstić information content (AvgIpc) is 3.36. The first-order valence-corrected chi connectivity index (χ1v) is 10.2. The van der Waals surface area contributed by atoms with Crippen molar-refractivity contribution in [3.05, 3.63) is 30.0 Å². The summed E-state index contributed by atoms with van der Waals surface area (Å²) < 4.78 is 11.4. The summed E-state index contributed by atoms with van der Waals surface area (Å²) in [4.78, 5) is 20.3. The Balaban J connectivity index is 0.00000109. The molecule has 3 heterocycles. The molecule has 152 valence electrons. The number of benzene rings is 1. The average molecular weight is 386 g/mol. The number of hydrogen-bond acceptors (Lipinski definition) is 4. The van der Waals surface area contributed by atoms with Crippen LogP contribution >= 0.6 is 0 Å². The standard InChI is InChI=1S/C20H25N3O3.C2H6/c1-4-23(5-2)20(24)14-8-13(10-22(3)11-14)18-15-6-7-21-16(15)9-17-19(18)26-12-25-17;1-2/h6-9,14,21H,4-5,10-12H2,1-3H3;1-2H3. The lowest BCUT2D eigenvalue weighted by Crippen LogP contribution is -2.42. The van der Waals surface area contributed by atoms with Gasteiger partial charge in [-0.25, -0.2) is 0 Å². The van der Waals surface area contributed by atoms with Gasteiger partial charge in [0.2, 0.25) is 12.7 Å². The van der Waals surface area contributed by atoms with Crippen LogP contribution in [0.25, 0.3) is 16.5 Å². The molecular formula is C22H31N3O3. The Labute approximate surface area is 167 Å².